The zero-order valence-corrected chi connectivity index (χ0v) is 9.83. The van der Waals surface area contributed by atoms with E-state index >= 15 is 0 Å². The first kappa shape index (κ1) is 11.2. The molecule has 0 unspecified atom stereocenters. The van der Waals surface area contributed by atoms with Gasteiger partial charge in [-0.25, -0.2) is 0 Å². The van der Waals surface area contributed by atoms with Gasteiger partial charge in [-0.1, -0.05) is 27.7 Å². The van der Waals surface area contributed by atoms with Gasteiger partial charge in [0, 0.05) is 6.20 Å². The van der Waals surface area contributed by atoms with Crippen molar-refractivity contribution in [1.29, 1.82) is 0 Å². The Balaban J connectivity index is 2.89. The molecule has 1 aromatic rings. The first-order valence-corrected chi connectivity index (χ1v) is 5.33. The van der Waals surface area contributed by atoms with Crippen molar-refractivity contribution >= 4 is 0 Å². The fourth-order valence-corrected chi connectivity index (χ4v) is 1.62. The fourth-order valence-electron chi connectivity index (χ4n) is 1.62. The van der Waals surface area contributed by atoms with Crippen LogP contribution in [0.25, 0.3) is 0 Å². The molecule has 0 amide bonds. The van der Waals surface area contributed by atoms with Gasteiger partial charge in [0.05, 0.1) is 17.1 Å². The van der Waals surface area contributed by atoms with E-state index in [1.807, 2.05) is 13.1 Å². The zero-order chi connectivity index (χ0) is 10.7. The molecule has 1 aromatic heterocycles. The Kier molecular flexibility index (Phi) is 3.62. The number of aryl methyl sites for hydroxylation is 1. The Labute approximate surface area is 86.8 Å². The lowest BCUT2D eigenvalue weighted by molar-refractivity contribution is 0.628. The summed E-state index contributed by atoms with van der Waals surface area (Å²) in [7, 11) is 0. The molecule has 78 valence electrons. The lowest BCUT2D eigenvalue weighted by Gasteiger charge is -2.10. The van der Waals surface area contributed by atoms with Crippen molar-refractivity contribution in [2.75, 3.05) is 0 Å². The van der Waals surface area contributed by atoms with Crippen LogP contribution in [-0.4, -0.2) is 9.97 Å². The second-order valence-corrected chi connectivity index (χ2v) is 4.58. The van der Waals surface area contributed by atoms with Crippen LogP contribution >= 0.6 is 0 Å². The summed E-state index contributed by atoms with van der Waals surface area (Å²) in [6, 6.07) is 0. The molecule has 1 rings (SSSR count). The number of aromatic nitrogens is 2. The molecule has 2 nitrogen and oxygen atoms in total. The first-order chi connectivity index (χ1) is 6.50. The van der Waals surface area contributed by atoms with Crippen LogP contribution in [0.15, 0.2) is 6.20 Å². The minimum absolute atomic E-state index is 0.468. The van der Waals surface area contributed by atoms with Gasteiger partial charge in [0.15, 0.2) is 0 Å². The number of nitrogens with zero attached hydrogens (tertiary/aromatic N) is 2. The third-order valence-electron chi connectivity index (χ3n) is 2.20. The lowest BCUT2D eigenvalue weighted by Crippen LogP contribution is -2.04. The third kappa shape index (κ3) is 2.79. The fraction of sp³-hybridized carbons (Fsp3) is 0.667. The topological polar surface area (TPSA) is 25.8 Å². The van der Waals surface area contributed by atoms with Gasteiger partial charge < -0.3 is 0 Å². The van der Waals surface area contributed by atoms with Crippen LogP contribution in [0.3, 0.4) is 0 Å². The molecule has 0 aliphatic heterocycles. The summed E-state index contributed by atoms with van der Waals surface area (Å²) in [6.07, 6.45) is 2.94. The Bertz CT molecular complexity index is 303. The highest BCUT2D eigenvalue weighted by Crippen LogP contribution is 2.15. The predicted octanol–water partition coefficient (Wildman–Crippen LogP) is 3.11. The number of hydrogen-bond acceptors (Lipinski definition) is 2. The predicted molar refractivity (Wildman–Crippen MR) is 59.4 cm³/mol. The molecule has 0 aliphatic rings. The second kappa shape index (κ2) is 4.54. The van der Waals surface area contributed by atoms with Crippen LogP contribution in [0.1, 0.15) is 50.7 Å². The summed E-state index contributed by atoms with van der Waals surface area (Å²) in [4.78, 5) is 9.04. The molecule has 0 atom stereocenters. The van der Waals surface area contributed by atoms with Gasteiger partial charge in [-0.3, -0.25) is 9.97 Å². The van der Waals surface area contributed by atoms with Crippen LogP contribution in [0.5, 0.6) is 0 Å². The minimum Gasteiger partial charge on any atom is -0.257 e. The quantitative estimate of drug-likeness (QED) is 0.735. The normalized spacial score (nSPS) is 11.4. The molecule has 0 bridgehead atoms. The molecule has 0 saturated heterocycles. The van der Waals surface area contributed by atoms with Gasteiger partial charge in [0.25, 0.3) is 0 Å². The van der Waals surface area contributed by atoms with Crippen LogP contribution in [0, 0.1) is 12.8 Å². The van der Waals surface area contributed by atoms with Crippen molar-refractivity contribution < 1.29 is 0 Å². The van der Waals surface area contributed by atoms with Crippen molar-refractivity contribution in [3.8, 4) is 0 Å². The molecule has 0 radical (unpaired) electrons. The third-order valence-corrected chi connectivity index (χ3v) is 2.20. The van der Waals surface area contributed by atoms with Crippen molar-refractivity contribution in [1.82, 2.24) is 9.97 Å². The monoisotopic (exact) mass is 192 g/mol. The van der Waals surface area contributed by atoms with Crippen molar-refractivity contribution in [2.24, 2.45) is 5.92 Å². The Morgan fingerprint density at radius 2 is 1.86 bits per heavy atom. The standard InChI is InChI=1S/C12H20N2/c1-8(2)6-11-7-13-12(9(3)4)10(5)14-11/h7-9H,6H2,1-5H3. The molecule has 1 heterocycles. The van der Waals surface area contributed by atoms with Gasteiger partial charge in [-0.05, 0) is 25.2 Å². The summed E-state index contributed by atoms with van der Waals surface area (Å²) in [5.41, 5.74) is 3.32. The Morgan fingerprint density at radius 1 is 1.21 bits per heavy atom. The Hall–Kier alpha value is -0.920. The van der Waals surface area contributed by atoms with Crippen molar-refractivity contribution in [3.05, 3.63) is 23.3 Å². The molecule has 0 fully saturated rings. The molecule has 2 heteroatoms. The van der Waals surface area contributed by atoms with E-state index in [1.54, 1.807) is 0 Å². The van der Waals surface area contributed by atoms with Gasteiger partial charge >= 0.3 is 0 Å². The van der Waals surface area contributed by atoms with Crippen molar-refractivity contribution in [2.45, 2.75) is 47.0 Å². The molecule has 0 saturated carbocycles. The lowest BCUT2D eigenvalue weighted by atomic mass is 10.1. The van der Waals surface area contributed by atoms with Crippen LogP contribution in [0.2, 0.25) is 0 Å². The molecule has 0 aromatic carbocycles. The average molecular weight is 192 g/mol. The van der Waals surface area contributed by atoms with E-state index in [9.17, 15) is 0 Å². The smallest absolute Gasteiger partial charge is 0.0641 e. The van der Waals surface area contributed by atoms with Gasteiger partial charge in [0.2, 0.25) is 0 Å². The molecular formula is C12H20N2. The van der Waals surface area contributed by atoms with E-state index in [-0.39, 0.29) is 0 Å². The molecule has 14 heavy (non-hydrogen) atoms. The van der Waals surface area contributed by atoms with E-state index in [0.717, 1.165) is 23.5 Å². The summed E-state index contributed by atoms with van der Waals surface area (Å²) in [6.45, 7) is 10.8. The largest absolute Gasteiger partial charge is 0.257 e. The van der Waals surface area contributed by atoms with E-state index in [0.29, 0.717) is 11.8 Å². The molecule has 0 N–H and O–H groups in total. The summed E-state index contributed by atoms with van der Waals surface area (Å²) in [5, 5.41) is 0. The van der Waals surface area contributed by atoms with Crippen LogP contribution in [0.4, 0.5) is 0 Å². The summed E-state index contributed by atoms with van der Waals surface area (Å²) in [5.74, 6) is 1.11. The van der Waals surface area contributed by atoms with E-state index in [1.165, 1.54) is 0 Å². The van der Waals surface area contributed by atoms with Crippen LogP contribution in [-0.2, 0) is 6.42 Å². The van der Waals surface area contributed by atoms with E-state index < -0.39 is 0 Å². The van der Waals surface area contributed by atoms with Gasteiger partial charge in [-0.15, -0.1) is 0 Å². The van der Waals surface area contributed by atoms with E-state index in [4.69, 9.17) is 0 Å². The number of rotatable bonds is 3. The highest BCUT2D eigenvalue weighted by atomic mass is 14.8. The average Bonchev–Trinajstić information content (AvgIpc) is 2.01. The van der Waals surface area contributed by atoms with Gasteiger partial charge in [0.1, 0.15) is 0 Å². The SMILES string of the molecule is Cc1nc(CC(C)C)cnc1C(C)C. The van der Waals surface area contributed by atoms with Crippen molar-refractivity contribution in [3.63, 3.8) is 0 Å². The first-order valence-electron chi connectivity index (χ1n) is 5.33. The molecule has 0 aliphatic carbocycles. The highest BCUT2D eigenvalue weighted by Gasteiger charge is 2.07. The maximum Gasteiger partial charge on any atom is 0.0641 e. The summed E-state index contributed by atoms with van der Waals surface area (Å²) < 4.78 is 0. The van der Waals surface area contributed by atoms with Crippen LogP contribution < -0.4 is 0 Å². The summed E-state index contributed by atoms with van der Waals surface area (Å²) >= 11 is 0. The Morgan fingerprint density at radius 3 is 2.29 bits per heavy atom. The second-order valence-electron chi connectivity index (χ2n) is 4.58. The van der Waals surface area contributed by atoms with Gasteiger partial charge in [-0.2, -0.15) is 0 Å². The van der Waals surface area contributed by atoms with E-state index in [2.05, 4.69) is 37.7 Å². The number of hydrogen-bond donors (Lipinski definition) is 0. The minimum atomic E-state index is 0.468. The molecule has 0 spiro atoms. The maximum atomic E-state index is 4.57. The maximum absolute atomic E-state index is 4.57. The highest BCUT2D eigenvalue weighted by molar-refractivity contribution is 5.15. The zero-order valence-electron chi connectivity index (χ0n) is 9.83. The molecular weight excluding hydrogens is 172 g/mol.